The molecule has 0 unspecified atom stereocenters. The maximum atomic E-state index is 13.0. The summed E-state index contributed by atoms with van der Waals surface area (Å²) in [4.78, 5) is 24.1. The molecule has 1 aliphatic rings. The standard InChI is InChI=1S/C9H12FN3O4/c10-4-2-13(9(16)12-8(4)15)7-1-5(11)6(3-14)17-7/h2,5-7,14H,1,3,11H2,(H,12,15,16)/t5-,6-,7-/m1/s1. The normalized spacial score (nSPS) is 28.5. The van der Waals surface area contributed by atoms with Crippen molar-refractivity contribution in [2.75, 3.05) is 6.61 Å². The van der Waals surface area contributed by atoms with Crippen LogP contribution in [0.15, 0.2) is 15.8 Å². The third-order valence-corrected chi connectivity index (χ3v) is 2.70. The first kappa shape index (κ1) is 12.0. The first-order valence-electron chi connectivity index (χ1n) is 5.05. The van der Waals surface area contributed by atoms with E-state index in [-0.39, 0.29) is 13.0 Å². The van der Waals surface area contributed by atoms with E-state index in [1.165, 1.54) is 0 Å². The van der Waals surface area contributed by atoms with E-state index < -0.39 is 35.4 Å². The van der Waals surface area contributed by atoms with Crippen molar-refractivity contribution in [3.63, 3.8) is 0 Å². The van der Waals surface area contributed by atoms with Gasteiger partial charge in [-0.1, -0.05) is 0 Å². The summed E-state index contributed by atoms with van der Waals surface area (Å²) in [6.07, 6.45) is -0.336. The van der Waals surface area contributed by atoms with Gasteiger partial charge in [-0.25, -0.2) is 4.79 Å². The van der Waals surface area contributed by atoms with Crippen LogP contribution in [0.3, 0.4) is 0 Å². The van der Waals surface area contributed by atoms with Gasteiger partial charge in [0.15, 0.2) is 0 Å². The monoisotopic (exact) mass is 245 g/mol. The maximum absolute atomic E-state index is 13.0. The summed E-state index contributed by atoms with van der Waals surface area (Å²) in [6, 6.07) is -0.438. The Morgan fingerprint density at radius 2 is 2.35 bits per heavy atom. The molecule has 0 bridgehead atoms. The third-order valence-electron chi connectivity index (χ3n) is 2.70. The molecule has 2 heterocycles. The van der Waals surface area contributed by atoms with Gasteiger partial charge < -0.3 is 15.6 Å². The van der Waals surface area contributed by atoms with E-state index >= 15 is 0 Å². The summed E-state index contributed by atoms with van der Waals surface area (Å²) in [5, 5.41) is 8.94. The molecule has 0 aromatic carbocycles. The molecule has 0 amide bonds. The second-order valence-electron chi connectivity index (χ2n) is 3.85. The second-order valence-corrected chi connectivity index (χ2v) is 3.85. The predicted molar refractivity (Wildman–Crippen MR) is 54.9 cm³/mol. The number of H-pyrrole nitrogens is 1. The minimum absolute atomic E-state index is 0.261. The summed E-state index contributed by atoms with van der Waals surface area (Å²) in [5.41, 5.74) is 3.82. The number of ether oxygens (including phenoxy) is 1. The van der Waals surface area contributed by atoms with Gasteiger partial charge in [-0.05, 0) is 0 Å². The number of rotatable bonds is 2. The number of aromatic amines is 1. The van der Waals surface area contributed by atoms with E-state index in [9.17, 15) is 14.0 Å². The van der Waals surface area contributed by atoms with Gasteiger partial charge in [-0.2, -0.15) is 4.39 Å². The molecule has 4 N–H and O–H groups in total. The van der Waals surface area contributed by atoms with Gasteiger partial charge >= 0.3 is 5.69 Å². The summed E-state index contributed by atoms with van der Waals surface area (Å²) in [6.45, 7) is -0.280. The van der Waals surface area contributed by atoms with Crippen molar-refractivity contribution < 1.29 is 14.2 Å². The first-order valence-corrected chi connectivity index (χ1v) is 5.05. The highest BCUT2D eigenvalue weighted by atomic mass is 19.1. The molecule has 1 fully saturated rings. The molecule has 2 rings (SSSR count). The number of aliphatic hydroxyl groups is 1. The summed E-state index contributed by atoms with van der Waals surface area (Å²) in [7, 11) is 0. The lowest BCUT2D eigenvalue weighted by molar-refractivity contribution is -0.0275. The number of nitrogens with two attached hydrogens (primary N) is 1. The lowest BCUT2D eigenvalue weighted by Crippen LogP contribution is -2.34. The Labute approximate surface area is 94.6 Å². The van der Waals surface area contributed by atoms with Crippen LogP contribution in [0.4, 0.5) is 4.39 Å². The van der Waals surface area contributed by atoms with E-state index in [0.29, 0.717) is 0 Å². The fraction of sp³-hybridized carbons (Fsp3) is 0.556. The van der Waals surface area contributed by atoms with Crippen molar-refractivity contribution in [2.45, 2.75) is 24.8 Å². The Hall–Kier alpha value is -1.51. The molecule has 0 saturated carbocycles. The van der Waals surface area contributed by atoms with Crippen LogP contribution in [0.25, 0.3) is 0 Å². The molecule has 0 radical (unpaired) electrons. The Morgan fingerprint density at radius 1 is 1.65 bits per heavy atom. The van der Waals surface area contributed by atoms with E-state index in [4.69, 9.17) is 15.6 Å². The molecule has 3 atom stereocenters. The smallest absolute Gasteiger partial charge is 0.330 e. The van der Waals surface area contributed by atoms with Gasteiger partial charge in [0.1, 0.15) is 6.23 Å². The number of nitrogens with zero attached hydrogens (tertiary/aromatic N) is 1. The van der Waals surface area contributed by atoms with Crippen molar-refractivity contribution in [1.82, 2.24) is 9.55 Å². The lowest BCUT2D eigenvalue weighted by atomic mass is 10.1. The van der Waals surface area contributed by atoms with Crippen LogP contribution in [0, 0.1) is 5.82 Å². The fourth-order valence-electron chi connectivity index (χ4n) is 1.78. The van der Waals surface area contributed by atoms with Crippen molar-refractivity contribution in [2.24, 2.45) is 5.73 Å². The number of aliphatic hydroxyl groups excluding tert-OH is 1. The molecule has 1 aromatic heterocycles. The average molecular weight is 245 g/mol. The van der Waals surface area contributed by atoms with Crippen LogP contribution in [0.1, 0.15) is 12.6 Å². The Balaban J connectivity index is 2.34. The molecule has 1 saturated heterocycles. The molecule has 17 heavy (non-hydrogen) atoms. The van der Waals surface area contributed by atoms with Gasteiger partial charge in [0.25, 0.3) is 5.56 Å². The van der Waals surface area contributed by atoms with Crippen LogP contribution in [-0.4, -0.2) is 33.4 Å². The quantitative estimate of drug-likeness (QED) is 0.574. The zero-order valence-electron chi connectivity index (χ0n) is 8.80. The highest BCUT2D eigenvalue weighted by Crippen LogP contribution is 2.25. The minimum atomic E-state index is -1.08. The topological polar surface area (TPSA) is 110 Å². The first-order chi connectivity index (χ1) is 8.02. The highest BCUT2D eigenvalue weighted by molar-refractivity contribution is 4.91. The van der Waals surface area contributed by atoms with Gasteiger partial charge in [-0.3, -0.25) is 14.3 Å². The number of hydrogen-bond donors (Lipinski definition) is 3. The zero-order chi connectivity index (χ0) is 12.6. The van der Waals surface area contributed by atoms with Crippen LogP contribution < -0.4 is 17.0 Å². The molecular weight excluding hydrogens is 233 g/mol. The van der Waals surface area contributed by atoms with E-state index in [1.807, 2.05) is 4.98 Å². The van der Waals surface area contributed by atoms with Crippen LogP contribution in [0.5, 0.6) is 0 Å². The Kier molecular flexibility index (Phi) is 3.09. The molecule has 1 aliphatic heterocycles. The number of nitrogens with one attached hydrogen (secondary N) is 1. The van der Waals surface area contributed by atoms with Crippen LogP contribution in [-0.2, 0) is 4.74 Å². The van der Waals surface area contributed by atoms with Gasteiger partial charge in [0, 0.05) is 12.5 Å². The van der Waals surface area contributed by atoms with Crippen molar-refractivity contribution in [3.8, 4) is 0 Å². The van der Waals surface area contributed by atoms with Gasteiger partial charge in [-0.15, -0.1) is 0 Å². The third kappa shape index (κ3) is 2.14. The molecule has 7 nitrogen and oxygen atoms in total. The number of aromatic nitrogens is 2. The molecule has 0 aliphatic carbocycles. The number of halogens is 1. The minimum Gasteiger partial charge on any atom is -0.394 e. The van der Waals surface area contributed by atoms with Gasteiger partial charge in [0.2, 0.25) is 5.82 Å². The lowest BCUT2D eigenvalue weighted by Gasteiger charge is -2.14. The summed E-state index contributed by atoms with van der Waals surface area (Å²) >= 11 is 0. The van der Waals surface area contributed by atoms with Crippen LogP contribution in [0.2, 0.25) is 0 Å². The number of hydrogen-bond acceptors (Lipinski definition) is 5. The Morgan fingerprint density at radius 3 is 2.94 bits per heavy atom. The van der Waals surface area contributed by atoms with Crippen LogP contribution >= 0.6 is 0 Å². The zero-order valence-corrected chi connectivity index (χ0v) is 8.80. The highest BCUT2D eigenvalue weighted by Gasteiger charge is 2.33. The van der Waals surface area contributed by atoms with E-state index in [1.54, 1.807) is 0 Å². The molecule has 94 valence electrons. The maximum Gasteiger partial charge on any atom is 0.330 e. The second kappa shape index (κ2) is 4.40. The van der Waals surface area contributed by atoms with Gasteiger partial charge in [0.05, 0.1) is 18.9 Å². The van der Waals surface area contributed by atoms with Crippen molar-refractivity contribution in [3.05, 3.63) is 32.9 Å². The van der Waals surface area contributed by atoms with E-state index in [0.717, 1.165) is 10.8 Å². The molecule has 0 spiro atoms. The average Bonchev–Trinajstić information content (AvgIpc) is 2.65. The molecule has 1 aromatic rings. The summed E-state index contributed by atoms with van der Waals surface area (Å²) < 4.78 is 19.3. The van der Waals surface area contributed by atoms with E-state index in [2.05, 4.69) is 0 Å². The SMILES string of the molecule is N[C@@H]1C[C@H](n2cc(F)c(=O)[nH]c2=O)O[C@@H]1CO. The van der Waals surface area contributed by atoms with Crippen molar-refractivity contribution in [1.29, 1.82) is 0 Å². The predicted octanol–water partition coefficient (Wildman–Crippen LogP) is -1.72. The fourth-order valence-corrected chi connectivity index (χ4v) is 1.78. The van der Waals surface area contributed by atoms with Crippen molar-refractivity contribution >= 4 is 0 Å². The summed E-state index contributed by atoms with van der Waals surface area (Å²) in [5.74, 6) is -1.07. The largest absolute Gasteiger partial charge is 0.394 e. The molecule has 8 heteroatoms. The molecular formula is C9H12FN3O4. The Bertz CT molecular complexity index is 526.